The third-order valence-electron chi connectivity index (χ3n) is 5.40. The lowest BCUT2D eigenvalue weighted by Gasteiger charge is -2.11. The molecule has 1 aromatic heterocycles. The molecule has 0 bridgehead atoms. The molecule has 0 atom stereocenters. The van der Waals surface area contributed by atoms with Crippen LogP contribution in [0.4, 0.5) is 10.7 Å². The number of hydrogen-bond donors (Lipinski definition) is 2. The van der Waals surface area contributed by atoms with Crippen molar-refractivity contribution in [3.8, 4) is 11.1 Å². The Hall–Kier alpha value is -3.70. The first-order valence-electron chi connectivity index (χ1n) is 11.1. The number of nitrogens with one attached hydrogen (secondary N) is 2. The van der Waals surface area contributed by atoms with Gasteiger partial charge in [0.25, 0.3) is 11.8 Å². The molecule has 0 aliphatic carbocycles. The summed E-state index contributed by atoms with van der Waals surface area (Å²) in [5.41, 5.74) is 4.71. The Bertz CT molecular complexity index is 1220. The minimum Gasteiger partial charge on any atom is -0.322 e. The van der Waals surface area contributed by atoms with Crippen LogP contribution in [0, 0.1) is 0 Å². The molecule has 0 aliphatic rings. The summed E-state index contributed by atoms with van der Waals surface area (Å²) in [5.74, 6) is -0.494. The molecule has 3 aromatic carbocycles. The number of carbonyl (C=O) groups is 2. The van der Waals surface area contributed by atoms with Crippen LogP contribution in [-0.2, 0) is 6.42 Å². The van der Waals surface area contributed by atoms with E-state index in [1.807, 2.05) is 66.0 Å². The molecule has 0 saturated carbocycles. The number of thiophene rings is 1. The molecule has 4 rings (SSSR count). The molecule has 4 nitrogen and oxygen atoms in total. The highest BCUT2D eigenvalue weighted by molar-refractivity contribution is 7.15. The molecule has 4 aromatic rings. The molecular formula is C28H26N2O2S. The lowest BCUT2D eigenvalue weighted by atomic mass is 10.0. The Kier molecular flexibility index (Phi) is 7.33. The third kappa shape index (κ3) is 5.57. The average molecular weight is 455 g/mol. The Morgan fingerprint density at radius 3 is 2.12 bits per heavy atom. The number of benzene rings is 3. The average Bonchev–Trinajstić information content (AvgIpc) is 3.28. The Morgan fingerprint density at radius 2 is 1.45 bits per heavy atom. The number of amides is 2. The van der Waals surface area contributed by atoms with E-state index >= 15 is 0 Å². The summed E-state index contributed by atoms with van der Waals surface area (Å²) in [4.78, 5) is 26.2. The first-order chi connectivity index (χ1) is 16.2. The van der Waals surface area contributed by atoms with Gasteiger partial charge < -0.3 is 10.6 Å². The van der Waals surface area contributed by atoms with Gasteiger partial charge >= 0.3 is 0 Å². The standard InChI is InChI=1S/C28H26N2O2S/c1-2-3-10-20-15-17-23(18-16-20)29-27(32)25-24(21-11-6-4-7-12-21)19-33-28(25)30-26(31)22-13-8-5-9-14-22/h4-9,11-19H,2-3,10H2,1H3,(H,29,32)(H,30,31). The molecule has 0 spiro atoms. The van der Waals surface area contributed by atoms with Gasteiger partial charge in [-0.3, -0.25) is 9.59 Å². The van der Waals surface area contributed by atoms with E-state index < -0.39 is 0 Å². The second kappa shape index (κ2) is 10.7. The summed E-state index contributed by atoms with van der Waals surface area (Å²) in [6.45, 7) is 2.17. The quantitative estimate of drug-likeness (QED) is 0.294. The first kappa shape index (κ1) is 22.5. The zero-order valence-electron chi connectivity index (χ0n) is 18.5. The summed E-state index contributed by atoms with van der Waals surface area (Å²) in [6.07, 6.45) is 3.32. The van der Waals surface area contributed by atoms with Gasteiger partial charge in [-0.25, -0.2) is 0 Å². The van der Waals surface area contributed by atoms with E-state index in [2.05, 4.69) is 29.7 Å². The van der Waals surface area contributed by atoms with Crippen LogP contribution >= 0.6 is 11.3 Å². The molecule has 5 heteroatoms. The van der Waals surface area contributed by atoms with Gasteiger partial charge in [0.2, 0.25) is 0 Å². The molecule has 0 aliphatic heterocycles. The van der Waals surface area contributed by atoms with Gasteiger partial charge in [-0.1, -0.05) is 74.0 Å². The maximum absolute atomic E-state index is 13.4. The van der Waals surface area contributed by atoms with Crippen molar-refractivity contribution in [2.75, 3.05) is 10.6 Å². The molecular weight excluding hydrogens is 428 g/mol. The van der Waals surface area contributed by atoms with Crippen LogP contribution in [0.15, 0.2) is 90.3 Å². The van der Waals surface area contributed by atoms with Gasteiger partial charge in [0.15, 0.2) is 0 Å². The second-order valence-electron chi connectivity index (χ2n) is 7.79. The summed E-state index contributed by atoms with van der Waals surface area (Å²) in [6, 6.07) is 26.7. The third-order valence-corrected chi connectivity index (χ3v) is 6.29. The van der Waals surface area contributed by atoms with E-state index in [1.54, 1.807) is 12.1 Å². The molecule has 33 heavy (non-hydrogen) atoms. The maximum atomic E-state index is 13.4. The SMILES string of the molecule is CCCCc1ccc(NC(=O)c2c(-c3ccccc3)csc2NC(=O)c2ccccc2)cc1. The van der Waals surface area contributed by atoms with Gasteiger partial charge in [-0.15, -0.1) is 11.3 Å². The summed E-state index contributed by atoms with van der Waals surface area (Å²) >= 11 is 1.35. The van der Waals surface area contributed by atoms with E-state index in [0.29, 0.717) is 16.1 Å². The lowest BCUT2D eigenvalue weighted by Crippen LogP contribution is -2.17. The molecule has 2 N–H and O–H groups in total. The van der Waals surface area contributed by atoms with Gasteiger partial charge in [-0.05, 0) is 48.2 Å². The molecule has 0 saturated heterocycles. The number of hydrogen-bond acceptors (Lipinski definition) is 3. The van der Waals surface area contributed by atoms with Crippen LogP contribution in [0.25, 0.3) is 11.1 Å². The largest absolute Gasteiger partial charge is 0.322 e. The van der Waals surface area contributed by atoms with E-state index in [-0.39, 0.29) is 11.8 Å². The molecule has 0 unspecified atom stereocenters. The van der Waals surface area contributed by atoms with Crippen molar-refractivity contribution in [3.63, 3.8) is 0 Å². The molecule has 2 amide bonds. The highest BCUT2D eigenvalue weighted by Crippen LogP contribution is 2.36. The van der Waals surface area contributed by atoms with E-state index in [4.69, 9.17) is 0 Å². The number of aryl methyl sites for hydroxylation is 1. The van der Waals surface area contributed by atoms with Crippen molar-refractivity contribution >= 4 is 33.8 Å². The summed E-state index contributed by atoms with van der Waals surface area (Å²) in [7, 11) is 0. The molecule has 1 heterocycles. The van der Waals surface area contributed by atoms with Gasteiger partial charge in [0.1, 0.15) is 5.00 Å². The van der Waals surface area contributed by atoms with Crippen LogP contribution in [0.2, 0.25) is 0 Å². The van der Waals surface area contributed by atoms with Crippen molar-refractivity contribution in [2.45, 2.75) is 26.2 Å². The Morgan fingerprint density at radius 1 is 0.788 bits per heavy atom. The van der Waals surface area contributed by atoms with E-state index in [9.17, 15) is 9.59 Å². The van der Waals surface area contributed by atoms with Gasteiger partial charge in [-0.2, -0.15) is 0 Å². The van der Waals surface area contributed by atoms with Gasteiger partial charge in [0, 0.05) is 22.2 Å². The second-order valence-corrected chi connectivity index (χ2v) is 8.67. The van der Waals surface area contributed by atoms with E-state index in [0.717, 1.165) is 36.1 Å². The van der Waals surface area contributed by atoms with Crippen LogP contribution in [-0.4, -0.2) is 11.8 Å². The van der Waals surface area contributed by atoms with Crippen molar-refractivity contribution in [2.24, 2.45) is 0 Å². The van der Waals surface area contributed by atoms with Crippen LogP contribution in [0.1, 0.15) is 46.0 Å². The monoisotopic (exact) mass is 454 g/mol. The normalized spacial score (nSPS) is 10.6. The Labute approximate surface area is 198 Å². The van der Waals surface area contributed by atoms with Crippen molar-refractivity contribution in [1.82, 2.24) is 0 Å². The van der Waals surface area contributed by atoms with Crippen LogP contribution < -0.4 is 10.6 Å². The van der Waals surface area contributed by atoms with Crippen LogP contribution in [0.3, 0.4) is 0 Å². The number of rotatable bonds is 8. The van der Waals surface area contributed by atoms with Crippen molar-refractivity contribution in [3.05, 3.63) is 107 Å². The van der Waals surface area contributed by atoms with Crippen molar-refractivity contribution in [1.29, 1.82) is 0 Å². The van der Waals surface area contributed by atoms with Crippen molar-refractivity contribution < 1.29 is 9.59 Å². The fourth-order valence-electron chi connectivity index (χ4n) is 3.60. The predicted molar refractivity (Wildman–Crippen MR) is 137 cm³/mol. The summed E-state index contributed by atoms with van der Waals surface area (Å²) < 4.78 is 0. The topological polar surface area (TPSA) is 58.2 Å². The first-order valence-corrected chi connectivity index (χ1v) is 12.0. The molecule has 166 valence electrons. The maximum Gasteiger partial charge on any atom is 0.259 e. The van der Waals surface area contributed by atoms with Crippen LogP contribution in [0.5, 0.6) is 0 Å². The predicted octanol–water partition coefficient (Wildman–Crippen LogP) is 7.26. The zero-order chi connectivity index (χ0) is 23.0. The minimum atomic E-state index is -0.250. The van der Waals surface area contributed by atoms with Gasteiger partial charge in [0.05, 0.1) is 5.56 Å². The lowest BCUT2D eigenvalue weighted by molar-refractivity contribution is 0.102. The van der Waals surface area contributed by atoms with E-state index in [1.165, 1.54) is 16.9 Å². The molecule has 0 fully saturated rings. The fourth-order valence-corrected chi connectivity index (χ4v) is 4.56. The number of unbranched alkanes of at least 4 members (excludes halogenated alkanes) is 1. The number of anilines is 2. The number of carbonyl (C=O) groups excluding carboxylic acids is 2. The highest BCUT2D eigenvalue weighted by atomic mass is 32.1. The zero-order valence-corrected chi connectivity index (χ0v) is 19.3. The highest BCUT2D eigenvalue weighted by Gasteiger charge is 2.22. The fraction of sp³-hybridized carbons (Fsp3) is 0.143. The summed E-state index contributed by atoms with van der Waals surface area (Å²) in [5, 5.41) is 8.39. The molecule has 0 radical (unpaired) electrons. The Balaban J connectivity index is 1.62. The smallest absolute Gasteiger partial charge is 0.259 e. The minimum absolute atomic E-state index is 0.244.